The van der Waals surface area contributed by atoms with Crippen molar-refractivity contribution in [3.8, 4) is 0 Å². The van der Waals surface area contributed by atoms with E-state index >= 15 is 0 Å². The molecule has 0 fully saturated rings. The molecule has 90 valence electrons. The zero-order valence-electron chi connectivity index (χ0n) is 10.6. The minimum atomic E-state index is 0.795. The van der Waals surface area contributed by atoms with Crippen LogP contribution in [0, 0.1) is 13.8 Å². The molecule has 3 rings (SSSR count). The van der Waals surface area contributed by atoms with Gasteiger partial charge < -0.3 is 4.98 Å². The first-order chi connectivity index (χ1) is 8.70. The van der Waals surface area contributed by atoms with E-state index in [1.54, 1.807) is 0 Å². The SMILES string of the molecule is Cc1cccc(Cc2nc3ncc(C)cc3[nH]2)c1. The maximum Gasteiger partial charge on any atom is 0.177 e. The average molecular weight is 237 g/mol. The number of rotatable bonds is 2. The minimum absolute atomic E-state index is 0.795. The van der Waals surface area contributed by atoms with Gasteiger partial charge in [0.2, 0.25) is 0 Å². The third-order valence-corrected chi connectivity index (χ3v) is 2.98. The number of pyridine rings is 1. The Kier molecular flexibility index (Phi) is 2.59. The summed E-state index contributed by atoms with van der Waals surface area (Å²) >= 11 is 0. The van der Waals surface area contributed by atoms with E-state index in [2.05, 4.69) is 52.2 Å². The second-order valence-corrected chi connectivity index (χ2v) is 4.73. The largest absolute Gasteiger partial charge is 0.340 e. The first kappa shape index (κ1) is 11.0. The summed E-state index contributed by atoms with van der Waals surface area (Å²) in [6.07, 6.45) is 2.66. The third kappa shape index (κ3) is 2.12. The predicted octanol–water partition coefficient (Wildman–Crippen LogP) is 3.17. The van der Waals surface area contributed by atoms with Gasteiger partial charge in [-0.25, -0.2) is 9.97 Å². The van der Waals surface area contributed by atoms with Crippen molar-refractivity contribution in [3.05, 3.63) is 59.0 Å². The lowest BCUT2D eigenvalue weighted by Crippen LogP contribution is -1.90. The highest BCUT2D eigenvalue weighted by Crippen LogP contribution is 2.14. The fourth-order valence-electron chi connectivity index (χ4n) is 2.15. The fraction of sp³-hybridized carbons (Fsp3) is 0.200. The van der Waals surface area contributed by atoms with E-state index in [9.17, 15) is 0 Å². The Bertz CT molecular complexity index is 698. The number of nitrogens with one attached hydrogen (secondary N) is 1. The molecule has 18 heavy (non-hydrogen) atoms. The summed E-state index contributed by atoms with van der Waals surface area (Å²) in [7, 11) is 0. The molecule has 0 spiro atoms. The predicted molar refractivity (Wildman–Crippen MR) is 72.6 cm³/mol. The van der Waals surface area contributed by atoms with Crippen molar-refractivity contribution in [1.82, 2.24) is 15.0 Å². The molecule has 1 N–H and O–H groups in total. The summed E-state index contributed by atoms with van der Waals surface area (Å²) in [5.41, 5.74) is 5.50. The first-order valence-electron chi connectivity index (χ1n) is 6.07. The molecule has 0 aliphatic heterocycles. The van der Waals surface area contributed by atoms with Gasteiger partial charge in [-0.1, -0.05) is 29.8 Å². The Balaban J connectivity index is 1.95. The number of fused-ring (bicyclic) bond motifs is 1. The molecule has 0 aliphatic rings. The van der Waals surface area contributed by atoms with Crippen LogP contribution in [0.15, 0.2) is 36.5 Å². The van der Waals surface area contributed by atoms with Crippen LogP contribution < -0.4 is 0 Å². The molecule has 0 saturated carbocycles. The maximum absolute atomic E-state index is 4.51. The van der Waals surface area contributed by atoms with Crippen LogP contribution in [-0.2, 0) is 6.42 Å². The molecule has 2 heterocycles. The van der Waals surface area contributed by atoms with E-state index in [1.807, 2.05) is 13.1 Å². The van der Waals surface area contributed by atoms with Crippen molar-refractivity contribution in [2.45, 2.75) is 20.3 Å². The normalized spacial score (nSPS) is 11.0. The average Bonchev–Trinajstić information content (AvgIpc) is 2.70. The Morgan fingerprint density at radius 1 is 1.11 bits per heavy atom. The lowest BCUT2D eigenvalue weighted by atomic mass is 10.1. The quantitative estimate of drug-likeness (QED) is 0.743. The Morgan fingerprint density at radius 3 is 2.83 bits per heavy atom. The molecule has 0 amide bonds. The van der Waals surface area contributed by atoms with Crippen LogP contribution in [0.1, 0.15) is 22.5 Å². The second-order valence-electron chi connectivity index (χ2n) is 4.73. The van der Waals surface area contributed by atoms with Gasteiger partial charge in [-0.15, -0.1) is 0 Å². The van der Waals surface area contributed by atoms with Crippen molar-refractivity contribution < 1.29 is 0 Å². The smallest absolute Gasteiger partial charge is 0.177 e. The molecule has 3 heteroatoms. The summed E-state index contributed by atoms with van der Waals surface area (Å²) < 4.78 is 0. The second kappa shape index (κ2) is 4.26. The molecule has 0 unspecified atom stereocenters. The highest BCUT2D eigenvalue weighted by atomic mass is 15.0. The van der Waals surface area contributed by atoms with E-state index < -0.39 is 0 Å². The van der Waals surface area contributed by atoms with Gasteiger partial charge in [0.05, 0.1) is 5.52 Å². The number of hydrogen-bond donors (Lipinski definition) is 1. The van der Waals surface area contributed by atoms with Gasteiger partial charge >= 0.3 is 0 Å². The monoisotopic (exact) mass is 237 g/mol. The summed E-state index contributed by atoms with van der Waals surface area (Å²) in [6.45, 7) is 4.14. The number of nitrogens with zero attached hydrogens (tertiary/aromatic N) is 2. The van der Waals surface area contributed by atoms with Crippen LogP contribution in [0.2, 0.25) is 0 Å². The van der Waals surface area contributed by atoms with E-state index in [-0.39, 0.29) is 0 Å². The molecule has 0 bridgehead atoms. The highest BCUT2D eigenvalue weighted by Gasteiger charge is 2.05. The van der Waals surface area contributed by atoms with Gasteiger partial charge in [0.1, 0.15) is 5.82 Å². The molecule has 0 aliphatic carbocycles. The van der Waals surface area contributed by atoms with E-state index in [0.717, 1.165) is 29.0 Å². The van der Waals surface area contributed by atoms with Gasteiger partial charge in [0, 0.05) is 12.6 Å². The molecule has 0 atom stereocenters. The number of aromatic nitrogens is 3. The molecule has 2 aromatic heterocycles. The standard InChI is InChI=1S/C15H15N3/c1-10-4-3-5-12(6-10)8-14-17-13-7-11(2)9-16-15(13)18-14/h3-7,9H,8H2,1-2H3,(H,16,17,18). The van der Waals surface area contributed by atoms with E-state index in [4.69, 9.17) is 0 Å². The number of imidazole rings is 1. The minimum Gasteiger partial charge on any atom is -0.340 e. The van der Waals surface area contributed by atoms with Crippen LogP contribution in [0.4, 0.5) is 0 Å². The van der Waals surface area contributed by atoms with Crippen LogP contribution in [-0.4, -0.2) is 15.0 Å². The van der Waals surface area contributed by atoms with Gasteiger partial charge in [-0.3, -0.25) is 0 Å². The van der Waals surface area contributed by atoms with Gasteiger partial charge in [-0.05, 0) is 31.0 Å². The molecular weight excluding hydrogens is 222 g/mol. The van der Waals surface area contributed by atoms with Crippen LogP contribution >= 0.6 is 0 Å². The van der Waals surface area contributed by atoms with Crippen molar-refractivity contribution in [2.75, 3.05) is 0 Å². The molecule has 0 saturated heterocycles. The summed E-state index contributed by atoms with van der Waals surface area (Å²) in [5, 5.41) is 0. The molecule has 0 radical (unpaired) electrons. The number of benzene rings is 1. The van der Waals surface area contributed by atoms with Crippen molar-refractivity contribution >= 4 is 11.2 Å². The lowest BCUT2D eigenvalue weighted by Gasteiger charge is -1.99. The molecular formula is C15H15N3. The Morgan fingerprint density at radius 2 is 2.00 bits per heavy atom. The summed E-state index contributed by atoms with van der Waals surface area (Å²) in [5.74, 6) is 0.966. The van der Waals surface area contributed by atoms with Gasteiger partial charge in [0.25, 0.3) is 0 Å². The van der Waals surface area contributed by atoms with Gasteiger partial charge in [0.15, 0.2) is 5.65 Å². The third-order valence-electron chi connectivity index (χ3n) is 2.98. The van der Waals surface area contributed by atoms with Crippen molar-refractivity contribution in [2.24, 2.45) is 0 Å². The Labute approximate surface area is 106 Å². The van der Waals surface area contributed by atoms with Crippen LogP contribution in [0.3, 0.4) is 0 Å². The number of hydrogen-bond acceptors (Lipinski definition) is 2. The zero-order valence-corrected chi connectivity index (χ0v) is 10.6. The van der Waals surface area contributed by atoms with Crippen LogP contribution in [0.25, 0.3) is 11.2 Å². The summed E-state index contributed by atoms with van der Waals surface area (Å²) in [4.78, 5) is 12.2. The number of aromatic amines is 1. The molecule has 1 aromatic carbocycles. The summed E-state index contributed by atoms with van der Waals surface area (Å²) in [6, 6.07) is 10.6. The first-order valence-corrected chi connectivity index (χ1v) is 6.07. The fourth-order valence-corrected chi connectivity index (χ4v) is 2.15. The van der Waals surface area contributed by atoms with Gasteiger partial charge in [-0.2, -0.15) is 0 Å². The van der Waals surface area contributed by atoms with Crippen molar-refractivity contribution in [3.63, 3.8) is 0 Å². The molecule has 3 aromatic rings. The maximum atomic E-state index is 4.51. The number of aryl methyl sites for hydroxylation is 2. The van der Waals surface area contributed by atoms with Crippen LogP contribution in [0.5, 0.6) is 0 Å². The number of H-pyrrole nitrogens is 1. The molecule has 3 nitrogen and oxygen atoms in total. The van der Waals surface area contributed by atoms with E-state index in [1.165, 1.54) is 11.1 Å². The van der Waals surface area contributed by atoms with Crippen molar-refractivity contribution in [1.29, 1.82) is 0 Å². The zero-order chi connectivity index (χ0) is 12.5. The highest BCUT2D eigenvalue weighted by molar-refractivity contribution is 5.71. The Hall–Kier alpha value is -2.16. The lowest BCUT2D eigenvalue weighted by molar-refractivity contribution is 1.03. The topological polar surface area (TPSA) is 41.6 Å². The van der Waals surface area contributed by atoms with E-state index in [0.29, 0.717) is 0 Å².